The van der Waals surface area contributed by atoms with Gasteiger partial charge in [-0.15, -0.1) is 0 Å². The highest BCUT2D eigenvalue weighted by Gasteiger charge is 2.16. The molecule has 0 fully saturated rings. The number of benzene rings is 1. The Bertz CT molecular complexity index is 890. The molecule has 2 aromatic rings. The minimum absolute atomic E-state index is 0.0168. The van der Waals surface area contributed by atoms with Gasteiger partial charge in [-0.3, -0.25) is 9.55 Å². The van der Waals surface area contributed by atoms with Crippen molar-refractivity contribution in [2.24, 2.45) is 0 Å². The fraction of sp³-hybridized carbons (Fsp3) is 0.438. The summed E-state index contributed by atoms with van der Waals surface area (Å²) in [6.45, 7) is 1.98. The molecular weight excluding hydrogens is 346 g/mol. The van der Waals surface area contributed by atoms with Crippen LogP contribution in [-0.4, -0.2) is 41.1 Å². The Hall–Kier alpha value is -2.26. The average molecular weight is 367 g/mol. The maximum absolute atomic E-state index is 12.2. The van der Waals surface area contributed by atoms with Crippen LogP contribution in [0.4, 0.5) is 0 Å². The summed E-state index contributed by atoms with van der Waals surface area (Å²) in [5, 5.41) is 0. The quantitative estimate of drug-likeness (QED) is 0.647. The molecule has 0 bridgehead atoms. The Morgan fingerprint density at radius 1 is 1.24 bits per heavy atom. The highest BCUT2D eigenvalue weighted by molar-refractivity contribution is 7.91. The largest absolute Gasteiger partial charge is 0.361 e. The van der Waals surface area contributed by atoms with E-state index in [0.717, 1.165) is 16.5 Å². The van der Waals surface area contributed by atoms with E-state index in [0.29, 0.717) is 6.42 Å². The molecule has 0 radical (unpaired) electrons. The van der Waals surface area contributed by atoms with Gasteiger partial charge < -0.3 is 4.74 Å². The molecule has 9 heteroatoms. The topological polar surface area (TPSA) is 111 Å². The third-order valence-corrected chi connectivity index (χ3v) is 5.55. The fourth-order valence-electron chi connectivity index (χ4n) is 2.35. The molecule has 0 unspecified atom stereocenters. The predicted molar refractivity (Wildman–Crippen MR) is 93.2 cm³/mol. The first kappa shape index (κ1) is 19.1. The summed E-state index contributed by atoms with van der Waals surface area (Å²) in [6.07, 6.45) is 1.41. The maximum Gasteiger partial charge on any atom is 0.350 e. The first-order valence-electron chi connectivity index (χ1n) is 7.86. The van der Waals surface area contributed by atoms with Crippen LogP contribution < -0.4 is 11.4 Å². The molecule has 0 spiro atoms. The molecule has 1 aromatic heterocycles. The smallest absolute Gasteiger partial charge is 0.350 e. The number of rotatable bonds is 9. The Morgan fingerprint density at radius 3 is 2.64 bits per heavy atom. The van der Waals surface area contributed by atoms with Crippen LogP contribution >= 0.6 is 0 Å². The predicted octanol–water partition coefficient (Wildman–Crippen LogP) is 0.514. The van der Waals surface area contributed by atoms with Crippen molar-refractivity contribution in [3.05, 3.63) is 63.2 Å². The molecule has 1 N–H and O–H groups in total. The van der Waals surface area contributed by atoms with Crippen LogP contribution in [0.3, 0.4) is 0 Å². The first-order chi connectivity index (χ1) is 11.9. The van der Waals surface area contributed by atoms with Gasteiger partial charge in [0.05, 0.1) is 11.5 Å². The van der Waals surface area contributed by atoms with Gasteiger partial charge in [-0.25, -0.2) is 18.0 Å². The second kappa shape index (κ2) is 8.72. The average Bonchev–Trinajstić information content (AvgIpc) is 2.56. The summed E-state index contributed by atoms with van der Waals surface area (Å²) in [5.74, 6) is 0.0291. The monoisotopic (exact) mass is 367 g/mol. The van der Waals surface area contributed by atoms with Crippen LogP contribution in [0.15, 0.2) is 46.2 Å². The van der Waals surface area contributed by atoms with E-state index < -0.39 is 21.2 Å². The third kappa shape index (κ3) is 6.28. The lowest BCUT2D eigenvalue weighted by Gasteiger charge is -2.12. The fourth-order valence-corrected chi connectivity index (χ4v) is 4.03. The second-order valence-corrected chi connectivity index (χ2v) is 8.00. The Balaban J connectivity index is 1.75. The molecule has 1 aromatic carbocycles. The number of nitrogens with one attached hydrogen (secondary N) is 1. The number of hydrogen-bond acceptors (Lipinski definition) is 6. The van der Waals surface area contributed by atoms with Gasteiger partial charge in [-0.2, -0.15) is 4.98 Å². The Morgan fingerprint density at radius 2 is 1.96 bits per heavy atom. The van der Waals surface area contributed by atoms with Gasteiger partial charge in [0.15, 0.2) is 9.84 Å². The third-order valence-electron chi connectivity index (χ3n) is 3.64. The zero-order chi connectivity index (χ0) is 18.3. The number of sulfone groups is 1. The lowest BCUT2D eigenvalue weighted by Crippen LogP contribution is -2.31. The van der Waals surface area contributed by atoms with Gasteiger partial charge in [0.2, 0.25) is 0 Å². The van der Waals surface area contributed by atoms with Crippen molar-refractivity contribution in [1.82, 2.24) is 14.5 Å². The molecule has 1 heterocycles. The molecule has 1 atom stereocenters. The number of hydrogen-bond donors (Lipinski definition) is 1. The van der Waals surface area contributed by atoms with Crippen molar-refractivity contribution >= 4 is 9.84 Å². The number of H-pyrrole nitrogens is 1. The molecule has 25 heavy (non-hydrogen) atoms. The van der Waals surface area contributed by atoms with Crippen molar-refractivity contribution in [2.75, 3.05) is 18.1 Å². The van der Waals surface area contributed by atoms with E-state index in [9.17, 15) is 18.0 Å². The number of nitrogens with zero attached hydrogens (tertiary/aromatic N) is 2. The van der Waals surface area contributed by atoms with Crippen LogP contribution in [0, 0.1) is 0 Å². The molecule has 0 saturated heterocycles. The van der Waals surface area contributed by atoms with Crippen LogP contribution in [0.5, 0.6) is 0 Å². The zero-order valence-electron chi connectivity index (χ0n) is 13.9. The van der Waals surface area contributed by atoms with Crippen LogP contribution in [0.2, 0.25) is 0 Å². The van der Waals surface area contributed by atoms with Crippen molar-refractivity contribution in [3.8, 4) is 0 Å². The molecule has 0 aliphatic heterocycles. The van der Waals surface area contributed by atoms with Crippen LogP contribution in [-0.2, 0) is 21.3 Å². The summed E-state index contributed by atoms with van der Waals surface area (Å²) in [4.78, 5) is 27.7. The van der Waals surface area contributed by atoms with Crippen LogP contribution in [0.1, 0.15) is 24.8 Å². The lowest BCUT2D eigenvalue weighted by molar-refractivity contribution is 0.0736. The van der Waals surface area contributed by atoms with Gasteiger partial charge in [-0.05, 0) is 17.9 Å². The number of aromatic amines is 1. The zero-order valence-corrected chi connectivity index (χ0v) is 14.7. The maximum atomic E-state index is 12.2. The molecule has 2 rings (SSSR count). The highest BCUT2D eigenvalue weighted by atomic mass is 32.2. The summed E-state index contributed by atoms with van der Waals surface area (Å²) in [5.41, 5.74) is -0.351. The summed E-state index contributed by atoms with van der Waals surface area (Å²) in [6, 6.07) is 9.50. The lowest BCUT2D eigenvalue weighted by atomic mass is 10.0. The molecule has 0 amide bonds. The van der Waals surface area contributed by atoms with E-state index in [4.69, 9.17) is 4.74 Å². The minimum atomic E-state index is -3.20. The number of ether oxygens (including phenoxy) is 1. The van der Waals surface area contributed by atoms with Gasteiger partial charge in [0.1, 0.15) is 13.1 Å². The first-order valence-corrected chi connectivity index (χ1v) is 9.68. The summed E-state index contributed by atoms with van der Waals surface area (Å²) < 4.78 is 30.7. The molecular formula is C16H21N3O5S. The summed E-state index contributed by atoms with van der Waals surface area (Å²) >= 11 is 0. The SMILES string of the molecule is C[C@@H](CS(=O)(=O)CCCOCn1cnc(=O)[nH]c1=O)c1ccccc1. The second-order valence-electron chi connectivity index (χ2n) is 5.77. The van der Waals surface area contributed by atoms with Gasteiger partial charge in [0, 0.05) is 6.61 Å². The van der Waals surface area contributed by atoms with Crippen molar-refractivity contribution in [3.63, 3.8) is 0 Å². The van der Waals surface area contributed by atoms with Gasteiger partial charge in [0.25, 0.3) is 0 Å². The van der Waals surface area contributed by atoms with Gasteiger partial charge >= 0.3 is 11.4 Å². The van der Waals surface area contributed by atoms with Crippen molar-refractivity contribution in [1.29, 1.82) is 0 Å². The summed E-state index contributed by atoms with van der Waals surface area (Å²) in [7, 11) is -3.20. The van der Waals surface area contributed by atoms with E-state index in [1.54, 1.807) is 0 Å². The number of aromatic nitrogens is 3. The van der Waals surface area contributed by atoms with E-state index in [1.165, 1.54) is 0 Å². The molecule has 0 aliphatic carbocycles. The van der Waals surface area contributed by atoms with E-state index >= 15 is 0 Å². The van der Waals surface area contributed by atoms with Gasteiger partial charge in [-0.1, -0.05) is 37.3 Å². The van der Waals surface area contributed by atoms with E-state index in [2.05, 4.69) is 4.98 Å². The van der Waals surface area contributed by atoms with E-state index in [1.807, 2.05) is 42.2 Å². The Labute approximate surface area is 145 Å². The normalized spacial score (nSPS) is 12.8. The van der Waals surface area contributed by atoms with Crippen LogP contribution in [0.25, 0.3) is 0 Å². The van der Waals surface area contributed by atoms with E-state index in [-0.39, 0.29) is 30.8 Å². The standard InChI is InChI=1S/C16H21N3O5S/c1-13(14-6-3-2-4-7-14)10-25(22,23)9-5-8-24-12-19-11-17-15(20)18-16(19)21/h2-4,6-7,11,13H,5,8-10,12H2,1H3,(H,18,20,21)/t13-/m0/s1. The Kier molecular flexibility index (Phi) is 6.65. The molecule has 136 valence electrons. The molecule has 0 aliphatic rings. The molecule has 0 saturated carbocycles. The van der Waals surface area contributed by atoms with Crippen molar-refractivity contribution in [2.45, 2.75) is 26.0 Å². The van der Waals surface area contributed by atoms with Crippen molar-refractivity contribution < 1.29 is 13.2 Å². The molecule has 8 nitrogen and oxygen atoms in total. The minimum Gasteiger partial charge on any atom is -0.361 e. The highest BCUT2D eigenvalue weighted by Crippen LogP contribution is 2.17.